The molecule has 0 spiro atoms. The predicted molar refractivity (Wildman–Crippen MR) is 105 cm³/mol. The molecular weight excluding hydrogens is 364 g/mol. The van der Waals surface area contributed by atoms with Gasteiger partial charge in [-0.1, -0.05) is 32.9 Å². The largest absolute Gasteiger partial charge is 0.502 e. The quantitative estimate of drug-likeness (QED) is 0.408. The molecule has 3 rings (SSSR count). The summed E-state index contributed by atoms with van der Waals surface area (Å²) in [6.07, 6.45) is 1.06. The second-order valence-corrected chi connectivity index (χ2v) is 7.28. The Labute approximate surface area is 158 Å². The summed E-state index contributed by atoms with van der Waals surface area (Å²) in [5, 5.41) is 25.6. The van der Waals surface area contributed by atoms with Crippen LogP contribution in [0.5, 0.6) is 5.75 Å². The number of aromatic hydroxyl groups is 1. The van der Waals surface area contributed by atoms with Crippen molar-refractivity contribution in [3.8, 4) is 5.75 Å². The summed E-state index contributed by atoms with van der Waals surface area (Å²) in [5.41, 5.74) is -1.32. The van der Waals surface area contributed by atoms with E-state index in [2.05, 4.69) is 10.1 Å². The zero-order valence-electron chi connectivity index (χ0n) is 15.5. The van der Waals surface area contributed by atoms with E-state index in [0.717, 1.165) is 6.21 Å². The lowest BCUT2D eigenvalue weighted by Gasteiger charge is -2.19. The van der Waals surface area contributed by atoms with Gasteiger partial charge in [-0.25, -0.2) is 4.79 Å². The predicted octanol–water partition coefficient (Wildman–Crippen LogP) is 2.48. The van der Waals surface area contributed by atoms with E-state index in [1.54, 1.807) is 24.3 Å². The molecule has 9 nitrogen and oxygen atoms in total. The van der Waals surface area contributed by atoms with E-state index in [1.165, 1.54) is 12.1 Å². The number of rotatable bonds is 3. The number of aromatic nitrogens is 2. The van der Waals surface area contributed by atoms with Crippen LogP contribution >= 0.6 is 0 Å². The number of nitrogens with zero attached hydrogens (tertiary/aromatic N) is 3. The fourth-order valence-electron chi connectivity index (χ4n) is 2.69. The number of aromatic amines is 1. The first-order valence-corrected chi connectivity index (χ1v) is 8.40. The summed E-state index contributed by atoms with van der Waals surface area (Å²) >= 11 is 0. The van der Waals surface area contributed by atoms with Gasteiger partial charge in [-0.15, -0.1) is 4.68 Å². The minimum Gasteiger partial charge on any atom is -0.502 e. The Morgan fingerprint density at radius 3 is 2.54 bits per heavy atom. The average Bonchev–Trinajstić information content (AvgIpc) is 2.61. The van der Waals surface area contributed by atoms with Crippen LogP contribution in [0.4, 0.5) is 5.69 Å². The number of phenolic OH excluding ortho intramolecular Hbond substituents is 1. The third kappa shape index (κ3) is 3.41. The van der Waals surface area contributed by atoms with E-state index >= 15 is 0 Å². The number of hydrogen-bond donors (Lipinski definition) is 2. The minimum atomic E-state index is -0.763. The molecule has 0 bridgehead atoms. The van der Waals surface area contributed by atoms with Gasteiger partial charge in [-0.05, 0) is 29.2 Å². The Morgan fingerprint density at radius 2 is 1.89 bits per heavy atom. The monoisotopic (exact) mass is 382 g/mol. The summed E-state index contributed by atoms with van der Waals surface area (Å²) in [5.74, 6) is -0.591. The highest BCUT2D eigenvalue weighted by Crippen LogP contribution is 2.34. The van der Waals surface area contributed by atoms with E-state index in [9.17, 15) is 24.8 Å². The molecule has 9 heteroatoms. The second kappa shape index (κ2) is 6.76. The third-order valence-electron chi connectivity index (χ3n) is 4.28. The lowest BCUT2D eigenvalue weighted by molar-refractivity contribution is -0.386. The molecule has 3 aromatic rings. The number of phenols is 1. The number of hydrogen-bond acceptors (Lipinski definition) is 6. The average molecular weight is 382 g/mol. The topological polar surface area (TPSA) is 131 Å². The highest BCUT2D eigenvalue weighted by Gasteiger charge is 2.23. The normalized spacial score (nSPS) is 12.0. The van der Waals surface area contributed by atoms with Crippen molar-refractivity contribution in [1.82, 2.24) is 9.66 Å². The Morgan fingerprint density at radius 1 is 1.21 bits per heavy atom. The van der Waals surface area contributed by atoms with Crippen LogP contribution in [0.3, 0.4) is 0 Å². The van der Waals surface area contributed by atoms with Gasteiger partial charge in [-0.3, -0.25) is 14.9 Å². The molecule has 0 atom stereocenters. The lowest BCUT2D eigenvalue weighted by Crippen LogP contribution is -2.32. The molecule has 1 aromatic heterocycles. The van der Waals surface area contributed by atoms with Crippen LogP contribution in [-0.4, -0.2) is 25.9 Å². The van der Waals surface area contributed by atoms with E-state index in [-0.39, 0.29) is 10.9 Å². The zero-order valence-corrected chi connectivity index (χ0v) is 15.5. The van der Waals surface area contributed by atoms with Gasteiger partial charge in [0.25, 0.3) is 5.56 Å². The summed E-state index contributed by atoms with van der Waals surface area (Å²) in [6.45, 7) is 5.59. The second-order valence-electron chi connectivity index (χ2n) is 7.28. The molecule has 2 N–H and O–H groups in total. The molecule has 1 heterocycles. The first kappa shape index (κ1) is 19.0. The van der Waals surface area contributed by atoms with E-state index < -0.39 is 33.0 Å². The molecule has 0 aliphatic rings. The Hall–Kier alpha value is -3.75. The zero-order chi connectivity index (χ0) is 20.6. The Bertz CT molecular complexity index is 1230. The minimum absolute atomic E-state index is 0.0265. The maximum Gasteiger partial charge on any atom is 0.349 e. The standard InChI is InChI=1S/C19H18N4O5/c1-19(2,3)12-8-11(16(24)15(9-12)23(27)28)10-20-22-17(25)13-6-4-5-7-14(13)21-18(22)26/h4-10,24H,1-3H3,(H,21,26)/b20-10+. The van der Waals surface area contributed by atoms with Crippen LogP contribution in [-0.2, 0) is 5.41 Å². The van der Waals surface area contributed by atoms with Gasteiger partial charge in [0.1, 0.15) is 0 Å². The van der Waals surface area contributed by atoms with Crippen LogP contribution < -0.4 is 11.2 Å². The summed E-state index contributed by atoms with van der Waals surface area (Å²) in [7, 11) is 0. The molecule has 144 valence electrons. The van der Waals surface area contributed by atoms with Crippen molar-refractivity contribution < 1.29 is 10.0 Å². The first-order valence-electron chi connectivity index (χ1n) is 8.40. The summed E-state index contributed by atoms with van der Waals surface area (Å²) in [6, 6.07) is 9.29. The van der Waals surface area contributed by atoms with Crippen molar-refractivity contribution in [2.45, 2.75) is 26.2 Å². The molecular formula is C19H18N4O5. The fourth-order valence-corrected chi connectivity index (χ4v) is 2.69. The molecule has 0 aliphatic carbocycles. The van der Waals surface area contributed by atoms with Crippen molar-refractivity contribution in [2.75, 3.05) is 0 Å². The highest BCUT2D eigenvalue weighted by atomic mass is 16.6. The molecule has 28 heavy (non-hydrogen) atoms. The lowest BCUT2D eigenvalue weighted by atomic mass is 9.85. The maximum absolute atomic E-state index is 12.5. The van der Waals surface area contributed by atoms with Crippen LogP contribution in [0.2, 0.25) is 0 Å². The summed E-state index contributed by atoms with van der Waals surface area (Å²) in [4.78, 5) is 37.8. The molecule has 0 unspecified atom stereocenters. The van der Waals surface area contributed by atoms with Crippen LogP contribution in [0.1, 0.15) is 31.9 Å². The number of para-hydroxylation sites is 1. The molecule has 2 aromatic carbocycles. The highest BCUT2D eigenvalue weighted by molar-refractivity contribution is 5.86. The van der Waals surface area contributed by atoms with Gasteiger partial charge in [-0.2, -0.15) is 5.10 Å². The Kier molecular flexibility index (Phi) is 4.60. The number of benzene rings is 2. The molecule has 0 saturated carbocycles. The molecule has 0 saturated heterocycles. The van der Waals surface area contributed by atoms with Crippen molar-refractivity contribution in [1.29, 1.82) is 0 Å². The molecule has 0 fully saturated rings. The number of nitrogens with one attached hydrogen (secondary N) is 1. The SMILES string of the molecule is CC(C)(C)c1cc(/C=N/n2c(=O)[nH]c3ccccc3c2=O)c(O)c([N+](=O)[O-])c1. The van der Waals surface area contributed by atoms with Gasteiger partial charge >= 0.3 is 11.4 Å². The number of nitro groups is 1. The van der Waals surface area contributed by atoms with Crippen LogP contribution in [0.15, 0.2) is 51.1 Å². The maximum atomic E-state index is 12.5. The van der Waals surface area contributed by atoms with Gasteiger partial charge in [0.05, 0.1) is 22.0 Å². The van der Waals surface area contributed by atoms with Crippen molar-refractivity contribution in [2.24, 2.45) is 5.10 Å². The summed E-state index contributed by atoms with van der Waals surface area (Å²) < 4.78 is 0.609. The number of H-pyrrole nitrogens is 1. The molecule has 0 aliphatic heterocycles. The molecule has 0 radical (unpaired) electrons. The number of nitro benzene ring substituents is 1. The van der Waals surface area contributed by atoms with Crippen molar-refractivity contribution >= 4 is 22.8 Å². The van der Waals surface area contributed by atoms with Crippen LogP contribution in [0, 0.1) is 10.1 Å². The van der Waals surface area contributed by atoms with Gasteiger partial charge < -0.3 is 10.1 Å². The fraction of sp³-hybridized carbons (Fsp3) is 0.211. The van der Waals surface area contributed by atoms with Crippen molar-refractivity contribution in [3.63, 3.8) is 0 Å². The van der Waals surface area contributed by atoms with E-state index in [4.69, 9.17) is 0 Å². The molecule has 0 amide bonds. The van der Waals surface area contributed by atoms with E-state index in [0.29, 0.717) is 15.8 Å². The van der Waals surface area contributed by atoms with Crippen molar-refractivity contribution in [3.05, 3.63) is 78.5 Å². The van der Waals surface area contributed by atoms with Gasteiger partial charge in [0.2, 0.25) is 5.75 Å². The first-order chi connectivity index (χ1) is 13.1. The van der Waals surface area contributed by atoms with Crippen LogP contribution in [0.25, 0.3) is 10.9 Å². The number of fused-ring (bicyclic) bond motifs is 1. The smallest absolute Gasteiger partial charge is 0.349 e. The third-order valence-corrected chi connectivity index (χ3v) is 4.28. The van der Waals surface area contributed by atoms with E-state index in [1.807, 2.05) is 20.8 Å². The van der Waals surface area contributed by atoms with Gasteiger partial charge in [0, 0.05) is 11.6 Å². The van der Waals surface area contributed by atoms with Gasteiger partial charge in [0.15, 0.2) is 0 Å². The Balaban J connectivity index is 2.19.